The molecule has 1 aliphatic rings. The number of nitrogens with zero attached hydrogens (tertiary/aromatic N) is 1. The van der Waals surface area contributed by atoms with E-state index in [-0.39, 0.29) is 5.41 Å². The van der Waals surface area contributed by atoms with Crippen molar-refractivity contribution in [2.75, 3.05) is 12.4 Å². The summed E-state index contributed by atoms with van der Waals surface area (Å²) in [5.41, 5.74) is 0.273. The Morgan fingerprint density at radius 2 is 2.00 bits per heavy atom. The standard InChI is InChI=1S/C14H21NOS/c17-12-14(7-3-1-2-4-8-14)11-16-13-6-5-9-15-10-13/h5-6,9-10,17H,1-4,7-8,11-12H2. The quantitative estimate of drug-likeness (QED) is 0.650. The normalized spacial score (nSPS) is 19.6. The Morgan fingerprint density at radius 1 is 1.24 bits per heavy atom. The Kier molecular flexibility index (Phi) is 4.72. The second-order valence-corrected chi connectivity index (χ2v) is 5.37. The number of ether oxygens (including phenoxy) is 1. The third kappa shape index (κ3) is 3.63. The lowest BCUT2D eigenvalue weighted by molar-refractivity contribution is 0.148. The van der Waals surface area contributed by atoms with Crippen LogP contribution < -0.4 is 4.74 Å². The molecule has 2 rings (SSSR count). The highest BCUT2D eigenvalue weighted by atomic mass is 32.1. The molecule has 0 N–H and O–H groups in total. The van der Waals surface area contributed by atoms with Crippen LogP contribution in [0, 0.1) is 5.41 Å². The van der Waals surface area contributed by atoms with Crippen LogP contribution >= 0.6 is 12.6 Å². The third-order valence-corrected chi connectivity index (χ3v) is 4.35. The molecule has 0 bridgehead atoms. The topological polar surface area (TPSA) is 22.1 Å². The zero-order valence-corrected chi connectivity index (χ0v) is 11.2. The average Bonchev–Trinajstić information content (AvgIpc) is 2.64. The molecule has 0 atom stereocenters. The van der Waals surface area contributed by atoms with E-state index in [1.165, 1.54) is 38.5 Å². The third-order valence-electron chi connectivity index (χ3n) is 3.68. The highest BCUT2D eigenvalue weighted by Crippen LogP contribution is 2.36. The van der Waals surface area contributed by atoms with E-state index in [2.05, 4.69) is 17.6 Å². The molecule has 0 spiro atoms. The highest BCUT2D eigenvalue weighted by Gasteiger charge is 2.30. The van der Waals surface area contributed by atoms with Gasteiger partial charge in [-0.25, -0.2) is 0 Å². The lowest BCUT2D eigenvalue weighted by Crippen LogP contribution is -2.30. The van der Waals surface area contributed by atoms with Gasteiger partial charge in [-0.05, 0) is 30.7 Å². The van der Waals surface area contributed by atoms with Crippen molar-refractivity contribution in [1.82, 2.24) is 4.98 Å². The number of hydrogen-bond donors (Lipinski definition) is 1. The molecule has 0 radical (unpaired) electrons. The molecule has 0 unspecified atom stereocenters. The molecule has 0 aliphatic heterocycles. The van der Waals surface area contributed by atoms with E-state index in [1.54, 1.807) is 12.4 Å². The second-order valence-electron chi connectivity index (χ2n) is 5.05. The van der Waals surface area contributed by atoms with Crippen LogP contribution in [0.5, 0.6) is 5.75 Å². The first kappa shape index (κ1) is 12.7. The Hall–Kier alpha value is -0.700. The van der Waals surface area contributed by atoms with Crippen LogP contribution in [0.2, 0.25) is 0 Å². The van der Waals surface area contributed by atoms with E-state index in [0.29, 0.717) is 0 Å². The van der Waals surface area contributed by atoms with E-state index >= 15 is 0 Å². The van der Waals surface area contributed by atoms with Gasteiger partial charge in [0.2, 0.25) is 0 Å². The summed E-state index contributed by atoms with van der Waals surface area (Å²) in [6.45, 7) is 0.780. The zero-order chi connectivity index (χ0) is 12.0. The molecule has 94 valence electrons. The molecule has 1 heterocycles. The smallest absolute Gasteiger partial charge is 0.137 e. The van der Waals surface area contributed by atoms with E-state index in [0.717, 1.165) is 18.1 Å². The first-order chi connectivity index (χ1) is 8.35. The van der Waals surface area contributed by atoms with E-state index in [4.69, 9.17) is 4.74 Å². The van der Waals surface area contributed by atoms with Crippen LogP contribution in [0.25, 0.3) is 0 Å². The monoisotopic (exact) mass is 251 g/mol. The first-order valence-electron chi connectivity index (χ1n) is 6.48. The Morgan fingerprint density at radius 3 is 2.59 bits per heavy atom. The predicted octanol–water partition coefficient (Wildman–Crippen LogP) is 3.73. The van der Waals surface area contributed by atoms with E-state index < -0.39 is 0 Å². The molecule has 2 nitrogen and oxygen atoms in total. The van der Waals surface area contributed by atoms with Crippen LogP contribution in [-0.4, -0.2) is 17.3 Å². The predicted molar refractivity (Wildman–Crippen MR) is 73.7 cm³/mol. The SMILES string of the molecule is SCC1(COc2cccnc2)CCCCCC1. The summed E-state index contributed by atoms with van der Waals surface area (Å²) in [6, 6.07) is 3.88. The number of aromatic nitrogens is 1. The summed E-state index contributed by atoms with van der Waals surface area (Å²) in [5, 5.41) is 0. The summed E-state index contributed by atoms with van der Waals surface area (Å²) >= 11 is 4.55. The van der Waals surface area contributed by atoms with Crippen LogP contribution in [0.3, 0.4) is 0 Å². The van der Waals surface area contributed by atoms with Crippen molar-refractivity contribution < 1.29 is 4.74 Å². The molecule has 1 fully saturated rings. The van der Waals surface area contributed by atoms with Crippen molar-refractivity contribution in [3.63, 3.8) is 0 Å². The van der Waals surface area contributed by atoms with Crippen molar-refractivity contribution in [1.29, 1.82) is 0 Å². The van der Waals surface area contributed by atoms with E-state index in [9.17, 15) is 0 Å². The molecule has 0 aromatic carbocycles. The van der Waals surface area contributed by atoms with Crippen molar-refractivity contribution in [2.45, 2.75) is 38.5 Å². The van der Waals surface area contributed by atoms with Crippen LogP contribution in [-0.2, 0) is 0 Å². The summed E-state index contributed by atoms with van der Waals surface area (Å²) in [6.07, 6.45) is 11.4. The van der Waals surface area contributed by atoms with Gasteiger partial charge in [0, 0.05) is 11.6 Å². The maximum absolute atomic E-state index is 5.88. The average molecular weight is 251 g/mol. The van der Waals surface area contributed by atoms with E-state index in [1.807, 2.05) is 12.1 Å². The lowest BCUT2D eigenvalue weighted by Gasteiger charge is -2.30. The molecular weight excluding hydrogens is 230 g/mol. The molecule has 1 aromatic heterocycles. The molecule has 1 aromatic rings. The fraction of sp³-hybridized carbons (Fsp3) is 0.643. The minimum atomic E-state index is 0.273. The van der Waals surface area contributed by atoms with Crippen LogP contribution in [0.4, 0.5) is 0 Å². The number of thiol groups is 1. The molecule has 0 amide bonds. The Bertz CT molecular complexity index is 320. The van der Waals surface area contributed by atoms with Gasteiger partial charge in [0.25, 0.3) is 0 Å². The molecule has 1 aliphatic carbocycles. The van der Waals surface area contributed by atoms with Crippen LogP contribution in [0.1, 0.15) is 38.5 Å². The van der Waals surface area contributed by atoms with Crippen molar-refractivity contribution >= 4 is 12.6 Å². The Balaban J connectivity index is 1.94. The highest BCUT2D eigenvalue weighted by molar-refractivity contribution is 7.80. The van der Waals surface area contributed by atoms with Gasteiger partial charge in [0.05, 0.1) is 12.8 Å². The fourth-order valence-corrected chi connectivity index (χ4v) is 2.90. The number of pyridine rings is 1. The van der Waals surface area contributed by atoms with Crippen molar-refractivity contribution in [3.8, 4) is 5.75 Å². The molecular formula is C14H21NOS. The first-order valence-corrected chi connectivity index (χ1v) is 7.12. The van der Waals surface area contributed by atoms with Gasteiger partial charge >= 0.3 is 0 Å². The summed E-state index contributed by atoms with van der Waals surface area (Å²) in [5.74, 6) is 1.80. The minimum Gasteiger partial charge on any atom is -0.491 e. The summed E-state index contributed by atoms with van der Waals surface area (Å²) < 4.78 is 5.88. The maximum Gasteiger partial charge on any atom is 0.137 e. The van der Waals surface area contributed by atoms with Gasteiger partial charge in [-0.2, -0.15) is 12.6 Å². The summed E-state index contributed by atoms with van der Waals surface area (Å²) in [7, 11) is 0. The number of hydrogen-bond acceptors (Lipinski definition) is 3. The van der Waals surface area contributed by atoms with Gasteiger partial charge in [-0.15, -0.1) is 0 Å². The zero-order valence-electron chi connectivity index (χ0n) is 10.3. The molecule has 17 heavy (non-hydrogen) atoms. The van der Waals surface area contributed by atoms with Crippen LogP contribution in [0.15, 0.2) is 24.5 Å². The molecule has 0 saturated heterocycles. The molecule has 1 saturated carbocycles. The minimum absolute atomic E-state index is 0.273. The lowest BCUT2D eigenvalue weighted by atomic mass is 9.83. The van der Waals surface area contributed by atoms with Crippen molar-refractivity contribution in [3.05, 3.63) is 24.5 Å². The van der Waals surface area contributed by atoms with Gasteiger partial charge in [-0.3, -0.25) is 4.98 Å². The van der Waals surface area contributed by atoms with Gasteiger partial charge in [0.1, 0.15) is 5.75 Å². The summed E-state index contributed by atoms with van der Waals surface area (Å²) in [4.78, 5) is 4.07. The molecule has 3 heteroatoms. The van der Waals surface area contributed by atoms with Crippen molar-refractivity contribution in [2.24, 2.45) is 5.41 Å². The maximum atomic E-state index is 5.88. The van der Waals surface area contributed by atoms with Gasteiger partial charge in [0.15, 0.2) is 0 Å². The largest absolute Gasteiger partial charge is 0.491 e. The second kappa shape index (κ2) is 6.29. The number of rotatable bonds is 4. The van der Waals surface area contributed by atoms with Gasteiger partial charge < -0.3 is 4.74 Å². The van der Waals surface area contributed by atoms with Gasteiger partial charge in [-0.1, -0.05) is 25.7 Å². The fourth-order valence-electron chi connectivity index (χ4n) is 2.50. The Labute approximate surface area is 109 Å².